The van der Waals surface area contributed by atoms with Gasteiger partial charge in [0, 0.05) is 19.0 Å². The minimum absolute atomic E-state index is 0. The average molecular weight is 469 g/mol. The molecular weight excluding hydrogens is 449 g/mol. The second-order valence-electron chi connectivity index (χ2n) is 7.86. The fraction of sp³-hybridized carbons (Fsp3) is 0.400. The molecule has 3 heterocycles. The van der Waals surface area contributed by atoms with Crippen LogP contribution in [0.3, 0.4) is 0 Å². The molecule has 0 fully saturated rings. The summed E-state index contributed by atoms with van der Waals surface area (Å²) in [6.07, 6.45) is -3.64. The number of aromatic nitrogens is 4. The second-order valence-corrected chi connectivity index (χ2v) is 7.86. The Morgan fingerprint density at radius 2 is 2.03 bits per heavy atom. The second kappa shape index (κ2) is 7.79. The van der Waals surface area contributed by atoms with Gasteiger partial charge in [0.05, 0.1) is 41.6 Å². The van der Waals surface area contributed by atoms with Gasteiger partial charge in [-0.2, -0.15) is 23.5 Å². The topological polar surface area (TPSA) is 100.0 Å². The van der Waals surface area contributed by atoms with E-state index in [0.717, 1.165) is 0 Å². The molecule has 0 aliphatic carbocycles. The van der Waals surface area contributed by atoms with Crippen LogP contribution in [0, 0.1) is 11.3 Å². The van der Waals surface area contributed by atoms with Crippen LogP contribution >= 0.6 is 12.4 Å². The Bertz CT molecular complexity index is 1240. The van der Waals surface area contributed by atoms with Crippen molar-refractivity contribution in [1.29, 1.82) is 5.26 Å². The summed E-state index contributed by atoms with van der Waals surface area (Å²) in [5.41, 5.74) is -1.47. The van der Waals surface area contributed by atoms with Gasteiger partial charge in [-0.1, -0.05) is 0 Å². The molecule has 0 saturated heterocycles. The van der Waals surface area contributed by atoms with Gasteiger partial charge in [-0.25, -0.2) is 4.98 Å². The molecule has 170 valence electrons. The number of rotatable bonds is 2. The highest BCUT2D eigenvalue weighted by Gasteiger charge is 2.55. The SMILES string of the molecule is C[C@H]1CN(C(=O)c2c3ccc(C#N)cc3nn2C)Cc2cnc([C@@](C)(O)C(F)(F)F)n21.Cl. The number of aryl methyl sites for hydroxylation is 1. The Hall–Kier alpha value is -3.10. The molecule has 1 aliphatic heterocycles. The number of amides is 1. The number of imidazole rings is 1. The third-order valence-electron chi connectivity index (χ3n) is 5.59. The lowest BCUT2D eigenvalue weighted by Gasteiger charge is -2.36. The van der Waals surface area contributed by atoms with Gasteiger partial charge in [0.1, 0.15) is 5.69 Å². The molecule has 1 amide bonds. The third-order valence-corrected chi connectivity index (χ3v) is 5.59. The highest BCUT2D eigenvalue weighted by molar-refractivity contribution is 6.05. The van der Waals surface area contributed by atoms with Crippen LogP contribution in [0.15, 0.2) is 24.4 Å². The Morgan fingerprint density at radius 3 is 2.66 bits per heavy atom. The zero-order chi connectivity index (χ0) is 22.7. The minimum Gasteiger partial charge on any atom is -0.374 e. The van der Waals surface area contributed by atoms with E-state index in [0.29, 0.717) is 34.8 Å². The van der Waals surface area contributed by atoms with Gasteiger partial charge in [0.2, 0.25) is 5.60 Å². The number of hydrogen-bond donors (Lipinski definition) is 1. The van der Waals surface area contributed by atoms with E-state index in [4.69, 9.17) is 5.26 Å². The quantitative estimate of drug-likeness (QED) is 0.623. The molecule has 2 aromatic heterocycles. The molecule has 12 heteroatoms. The first-order valence-electron chi connectivity index (χ1n) is 9.47. The zero-order valence-electron chi connectivity index (χ0n) is 17.4. The summed E-state index contributed by atoms with van der Waals surface area (Å²) in [4.78, 5) is 18.7. The Morgan fingerprint density at radius 1 is 1.34 bits per heavy atom. The molecule has 4 rings (SSSR count). The largest absolute Gasteiger partial charge is 0.424 e. The van der Waals surface area contributed by atoms with Gasteiger partial charge >= 0.3 is 6.18 Å². The van der Waals surface area contributed by atoms with E-state index in [1.165, 1.54) is 20.3 Å². The highest BCUT2D eigenvalue weighted by Crippen LogP contribution is 2.40. The van der Waals surface area contributed by atoms with Crippen molar-refractivity contribution in [2.75, 3.05) is 6.54 Å². The van der Waals surface area contributed by atoms with Crippen LogP contribution in [0.1, 0.15) is 47.5 Å². The number of carbonyl (C=O) groups is 1. The monoisotopic (exact) mass is 468 g/mol. The lowest BCUT2D eigenvalue weighted by atomic mass is 10.0. The number of nitriles is 1. The number of carbonyl (C=O) groups excluding carboxylic acids is 1. The highest BCUT2D eigenvalue weighted by atomic mass is 35.5. The molecule has 0 bridgehead atoms. The summed E-state index contributed by atoms with van der Waals surface area (Å²) in [7, 11) is 1.62. The van der Waals surface area contributed by atoms with Gasteiger partial charge in [0.25, 0.3) is 5.91 Å². The molecule has 1 aliphatic rings. The Labute approximate surface area is 187 Å². The van der Waals surface area contributed by atoms with Crippen molar-refractivity contribution in [2.24, 2.45) is 7.05 Å². The van der Waals surface area contributed by atoms with Crippen molar-refractivity contribution in [3.05, 3.63) is 47.2 Å². The number of aliphatic hydroxyl groups is 1. The molecule has 3 aromatic rings. The molecule has 2 atom stereocenters. The Kier molecular flexibility index (Phi) is 5.74. The molecule has 0 saturated carbocycles. The van der Waals surface area contributed by atoms with Gasteiger partial charge in [-0.05, 0) is 32.0 Å². The number of halogens is 4. The summed E-state index contributed by atoms with van der Waals surface area (Å²) in [6.45, 7) is 2.50. The first kappa shape index (κ1) is 23.6. The standard InChI is InChI=1S/C20H19F3N6O2.ClH/c1-11-9-28(10-13-8-25-18(29(11)13)19(2,31)20(21,22)23)17(30)16-14-5-4-12(7-24)6-15(14)26-27(16)3;/h4-6,8,11,31H,9-10H2,1-3H3;1H/t11-,19+;/m0./s1. The maximum absolute atomic E-state index is 13.3. The molecule has 1 aromatic carbocycles. The smallest absolute Gasteiger partial charge is 0.374 e. The van der Waals surface area contributed by atoms with Crippen LogP contribution in [-0.4, -0.2) is 48.0 Å². The van der Waals surface area contributed by atoms with E-state index >= 15 is 0 Å². The summed E-state index contributed by atoms with van der Waals surface area (Å²) in [6, 6.07) is 6.33. The van der Waals surface area contributed by atoms with Crippen molar-refractivity contribution >= 4 is 29.2 Å². The lowest BCUT2D eigenvalue weighted by Crippen LogP contribution is -2.46. The fourth-order valence-corrected chi connectivity index (χ4v) is 3.98. The third kappa shape index (κ3) is 3.49. The van der Waals surface area contributed by atoms with Crippen molar-refractivity contribution in [3.63, 3.8) is 0 Å². The van der Waals surface area contributed by atoms with Crippen molar-refractivity contribution in [3.8, 4) is 6.07 Å². The normalized spacial score (nSPS) is 17.9. The predicted octanol–water partition coefficient (Wildman–Crippen LogP) is 3.05. The van der Waals surface area contributed by atoms with Gasteiger partial charge in [-0.3, -0.25) is 9.48 Å². The van der Waals surface area contributed by atoms with Crippen LogP contribution in [0.4, 0.5) is 13.2 Å². The fourth-order valence-electron chi connectivity index (χ4n) is 3.98. The first-order chi connectivity index (χ1) is 14.5. The van der Waals surface area contributed by atoms with Crippen LogP contribution < -0.4 is 0 Å². The predicted molar refractivity (Wildman–Crippen MR) is 110 cm³/mol. The first-order valence-corrected chi connectivity index (χ1v) is 9.47. The molecule has 1 N–H and O–H groups in total. The molecule has 0 unspecified atom stereocenters. The van der Waals surface area contributed by atoms with Crippen molar-refractivity contribution in [2.45, 2.75) is 38.2 Å². The maximum atomic E-state index is 13.3. The number of fused-ring (bicyclic) bond motifs is 2. The van der Waals surface area contributed by atoms with Crippen molar-refractivity contribution in [1.82, 2.24) is 24.2 Å². The van der Waals surface area contributed by atoms with Crippen LogP contribution in [-0.2, 0) is 19.2 Å². The molecule has 0 spiro atoms. The van der Waals surface area contributed by atoms with Gasteiger partial charge < -0.3 is 14.6 Å². The summed E-state index contributed by atoms with van der Waals surface area (Å²) in [5.74, 6) is -0.831. The lowest BCUT2D eigenvalue weighted by molar-refractivity contribution is -0.263. The average Bonchev–Trinajstić information content (AvgIpc) is 3.26. The van der Waals surface area contributed by atoms with Gasteiger partial charge in [-0.15, -0.1) is 12.4 Å². The Balaban J connectivity index is 0.00000289. The number of benzene rings is 1. The van der Waals surface area contributed by atoms with E-state index in [1.54, 1.807) is 32.2 Å². The number of hydrogen-bond acceptors (Lipinski definition) is 5. The number of alkyl halides is 3. The van der Waals surface area contributed by atoms with E-state index in [2.05, 4.69) is 10.1 Å². The summed E-state index contributed by atoms with van der Waals surface area (Å²) < 4.78 is 42.8. The van der Waals surface area contributed by atoms with Gasteiger partial charge in [0.15, 0.2) is 5.82 Å². The molecule has 8 nitrogen and oxygen atoms in total. The molecule has 0 radical (unpaired) electrons. The van der Waals surface area contributed by atoms with Crippen LogP contribution in [0.2, 0.25) is 0 Å². The van der Waals surface area contributed by atoms with E-state index < -0.39 is 23.6 Å². The summed E-state index contributed by atoms with van der Waals surface area (Å²) >= 11 is 0. The van der Waals surface area contributed by atoms with E-state index in [-0.39, 0.29) is 31.4 Å². The minimum atomic E-state index is -4.89. The van der Waals surface area contributed by atoms with Crippen LogP contribution in [0.25, 0.3) is 10.9 Å². The number of nitrogens with zero attached hydrogens (tertiary/aromatic N) is 6. The molecular formula is C20H20ClF3N6O2. The summed E-state index contributed by atoms with van der Waals surface area (Å²) in [5, 5.41) is 24.0. The maximum Gasteiger partial charge on any atom is 0.424 e. The van der Waals surface area contributed by atoms with Crippen molar-refractivity contribution < 1.29 is 23.1 Å². The van der Waals surface area contributed by atoms with E-state index in [1.807, 2.05) is 6.07 Å². The van der Waals surface area contributed by atoms with Crippen LogP contribution in [0.5, 0.6) is 0 Å². The van der Waals surface area contributed by atoms with E-state index in [9.17, 15) is 23.1 Å². The zero-order valence-corrected chi connectivity index (χ0v) is 18.2. The molecule has 32 heavy (non-hydrogen) atoms.